The molecule has 0 saturated heterocycles. The quantitative estimate of drug-likeness (QED) is 0.671. The number of benzene rings is 1. The van der Waals surface area contributed by atoms with Crippen molar-refractivity contribution < 1.29 is 0 Å². The fraction of sp³-hybridized carbons (Fsp3) is 0.267. The molecule has 0 aliphatic heterocycles. The molecule has 0 radical (unpaired) electrons. The van der Waals surface area contributed by atoms with E-state index in [1.54, 1.807) is 11.9 Å². The van der Waals surface area contributed by atoms with Gasteiger partial charge in [0.1, 0.15) is 0 Å². The van der Waals surface area contributed by atoms with E-state index in [9.17, 15) is 0 Å². The first kappa shape index (κ1) is 13.9. The van der Waals surface area contributed by atoms with Gasteiger partial charge in [-0.25, -0.2) is 4.31 Å². The van der Waals surface area contributed by atoms with Gasteiger partial charge in [0.05, 0.1) is 0 Å². The van der Waals surface area contributed by atoms with Gasteiger partial charge < -0.3 is 5.73 Å². The van der Waals surface area contributed by atoms with Gasteiger partial charge in [0.2, 0.25) is 0 Å². The maximum Gasteiger partial charge on any atom is 0.0416 e. The van der Waals surface area contributed by atoms with Gasteiger partial charge in [0.25, 0.3) is 0 Å². The van der Waals surface area contributed by atoms with Crippen LogP contribution in [-0.2, 0) is 6.42 Å². The number of anilines is 1. The predicted octanol–water partition coefficient (Wildman–Crippen LogP) is 3.15. The third-order valence-corrected chi connectivity index (χ3v) is 3.87. The number of pyridine rings is 1. The summed E-state index contributed by atoms with van der Waals surface area (Å²) in [7, 11) is 2.10. The second-order valence-electron chi connectivity index (χ2n) is 4.53. The van der Waals surface area contributed by atoms with E-state index in [1.807, 2.05) is 31.3 Å². The molecule has 19 heavy (non-hydrogen) atoms. The summed E-state index contributed by atoms with van der Waals surface area (Å²) in [5, 5.41) is 0. The standard InChI is InChI=1S/C15H19N3S/c1-12-11-14(6-7-15(12)16)19-18(2)10-8-13-5-3-4-9-17-13/h3-7,9,11H,8,10,16H2,1-2H3. The lowest BCUT2D eigenvalue weighted by Crippen LogP contribution is -2.13. The SMILES string of the molecule is Cc1cc(SN(C)CCc2ccccn2)ccc1N. The van der Waals surface area contributed by atoms with Crippen molar-refractivity contribution >= 4 is 17.6 Å². The number of hydrogen-bond acceptors (Lipinski definition) is 4. The lowest BCUT2D eigenvalue weighted by Gasteiger charge is -2.15. The van der Waals surface area contributed by atoms with Gasteiger partial charge >= 0.3 is 0 Å². The molecule has 100 valence electrons. The van der Waals surface area contributed by atoms with Crippen molar-refractivity contribution in [1.29, 1.82) is 0 Å². The van der Waals surface area contributed by atoms with Crippen LogP contribution in [0.15, 0.2) is 47.5 Å². The highest BCUT2D eigenvalue weighted by Crippen LogP contribution is 2.24. The number of nitrogens with two attached hydrogens (primary N) is 1. The number of nitrogen functional groups attached to an aromatic ring is 1. The van der Waals surface area contributed by atoms with E-state index in [0.717, 1.165) is 29.9 Å². The first-order chi connectivity index (χ1) is 9.15. The highest BCUT2D eigenvalue weighted by Gasteiger charge is 2.04. The zero-order valence-corrected chi connectivity index (χ0v) is 12.2. The fourth-order valence-corrected chi connectivity index (χ4v) is 2.65. The number of likely N-dealkylation sites (N-methyl/N-ethyl adjacent to an activating group) is 1. The van der Waals surface area contributed by atoms with Crippen molar-refractivity contribution in [3.8, 4) is 0 Å². The van der Waals surface area contributed by atoms with E-state index < -0.39 is 0 Å². The van der Waals surface area contributed by atoms with Crippen LogP contribution >= 0.6 is 11.9 Å². The lowest BCUT2D eigenvalue weighted by atomic mass is 10.2. The molecule has 2 rings (SSSR count). The Morgan fingerprint density at radius 1 is 1.26 bits per heavy atom. The third kappa shape index (κ3) is 4.26. The van der Waals surface area contributed by atoms with Crippen LogP contribution in [0.4, 0.5) is 5.69 Å². The molecular weight excluding hydrogens is 254 g/mol. The van der Waals surface area contributed by atoms with Gasteiger partial charge in [-0.15, -0.1) is 0 Å². The van der Waals surface area contributed by atoms with Crippen LogP contribution in [0, 0.1) is 6.92 Å². The summed E-state index contributed by atoms with van der Waals surface area (Å²) >= 11 is 1.74. The van der Waals surface area contributed by atoms with Crippen molar-refractivity contribution in [2.45, 2.75) is 18.2 Å². The molecular formula is C15H19N3S. The Morgan fingerprint density at radius 2 is 2.11 bits per heavy atom. The second-order valence-corrected chi connectivity index (χ2v) is 5.81. The summed E-state index contributed by atoms with van der Waals surface area (Å²) in [4.78, 5) is 5.55. The second kappa shape index (κ2) is 6.59. The zero-order chi connectivity index (χ0) is 13.7. The Bertz CT molecular complexity index is 528. The average Bonchev–Trinajstić information content (AvgIpc) is 2.42. The molecule has 0 spiro atoms. The molecule has 2 aromatic rings. The topological polar surface area (TPSA) is 42.2 Å². The van der Waals surface area contributed by atoms with Gasteiger partial charge in [-0.05, 0) is 61.8 Å². The molecule has 1 aromatic carbocycles. The van der Waals surface area contributed by atoms with Crippen molar-refractivity contribution in [3.63, 3.8) is 0 Å². The predicted molar refractivity (Wildman–Crippen MR) is 82.0 cm³/mol. The van der Waals surface area contributed by atoms with E-state index >= 15 is 0 Å². The smallest absolute Gasteiger partial charge is 0.0416 e. The van der Waals surface area contributed by atoms with Gasteiger partial charge in [-0.2, -0.15) is 0 Å². The maximum absolute atomic E-state index is 5.82. The number of aryl methyl sites for hydroxylation is 1. The van der Waals surface area contributed by atoms with E-state index in [0.29, 0.717) is 0 Å². The highest BCUT2D eigenvalue weighted by atomic mass is 32.2. The molecule has 1 aromatic heterocycles. The molecule has 0 fully saturated rings. The summed E-state index contributed by atoms with van der Waals surface area (Å²) in [5.74, 6) is 0. The normalized spacial score (nSPS) is 10.9. The average molecular weight is 273 g/mol. The van der Waals surface area contributed by atoms with Gasteiger partial charge in [-0.1, -0.05) is 6.07 Å². The Morgan fingerprint density at radius 3 is 2.79 bits per heavy atom. The molecule has 3 nitrogen and oxygen atoms in total. The van der Waals surface area contributed by atoms with Crippen LogP contribution in [0.25, 0.3) is 0 Å². The first-order valence-corrected chi connectivity index (χ1v) is 7.07. The van der Waals surface area contributed by atoms with Crippen LogP contribution in [0.5, 0.6) is 0 Å². The number of rotatable bonds is 5. The van der Waals surface area contributed by atoms with Crippen LogP contribution < -0.4 is 5.73 Å². The molecule has 0 aliphatic rings. The molecule has 4 heteroatoms. The summed E-state index contributed by atoms with van der Waals surface area (Å²) < 4.78 is 2.22. The minimum Gasteiger partial charge on any atom is -0.399 e. The van der Waals surface area contributed by atoms with E-state index in [1.165, 1.54) is 4.90 Å². The Balaban J connectivity index is 1.87. The largest absolute Gasteiger partial charge is 0.399 e. The Labute approximate surface area is 119 Å². The van der Waals surface area contributed by atoms with Crippen LogP contribution in [0.3, 0.4) is 0 Å². The molecule has 0 saturated carbocycles. The lowest BCUT2D eigenvalue weighted by molar-refractivity contribution is 0.564. The molecule has 0 bridgehead atoms. The summed E-state index contributed by atoms with van der Waals surface area (Å²) in [6.45, 7) is 3.00. The third-order valence-electron chi connectivity index (χ3n) is 2.91. The van der Waals surface area contributed by atoms with Crippen LogP contribution in [0.1, 0.15) is 11.3 Å². The van der Waals surface area contributed by atoms with Gasteiger partial charge in [-0.3, -0.25) is 4.98 Å². The minimum absolute atomic E-state index is 0.848. The van der Waals surface area contributed by atoms with Crippen molar-refractivity contribution in [2.24, 2.45) is 0 Å². The maximum atomic E-state index is 5.82. The summed E-state index contributed by atoms with van der Waals surface area (Å²) in [5.41, 5.74) is 8.93. The van der Waals surface area contributed by atoms with Crippen molar-refractivity contribution in [3.05, 3.63) is 53.9 Å². The van der Waals surface area contributed by atoms with Gasteiger partial charge in [0, 0.05) is 35.4 Å². The Kier molecular flexibility index (Phi) is 4.82. The molecule has 0 amide bonds. The van der Waals surface area contributed by atoms with E-state index in [4.69, 9.17) is 5.73 Å². The zero-order valence-electron chi connectivity index (χ0n) is 11.3. The molecule has 0 aliphatic carbocycles. The Hall–Kier alpha value is -1.52. The monoisotopic (exact) mass is 273 g/mol. The van der Waals surface area contributed by atoms with Crippen LogP contribution in [0.2, 0.25) is 0 Å². The van der Waals surface area contributed by atoms with E-state index in [2.05, 4.69) is 34.5 Å². The fourth-order valence-electron chi connectivity index (χ4n) is 1.75. The molecule has 1 heterocycles. The first-order valence-electron chi connectivity index (χ1n) is 6.30. The molecule has 0 atom stereocenters. The van der Waals surface area contributed by atoms with Crippen LogP contribution in [-0.4, -0.2) is 22.9 Å². The van der Waals surface area contributed by atoms with Crippen molar-refractivity contribution in [1.82, 2.24) is 9.29 Å². The molecule has 0 unspecified atom stereocenters. The minimum atomic E-state index is 0.848. The van der Waals surface area contributed by atoms with Gasteiger partial charge in [0.15, 0.2) is 0 Å². The highest BCUT2D eigenvalue weighted by molar-refractivity contribution is 7.97. The number of nitrogens with zero attached hydrogens (tertiary/aromatic N) is 2. The molecule has 2 N–H and O–H groups in total. The van der Waals surface area contributed by atoms with Crippen molar-refractivity contribution in [2.75, 3.05) is 19.3 Å². The van der Waals surface area contributed by atoms with E-state index in [-0.39, 0.29) is 0 Å². The summed E-state index contributed by atoms with van der Waals surface area (Å²) in [6.07, 6.45) is 2.80. The number of hydrogen-bond donors (Lipinski definition) is 1. The summed E-state index contributed by atoms with van der Waals surface area (Å²) in [6, 6.07) is 12.2. The number of aromatic nitrogens is 1.